The van der Waals surface area contributed by atoms with Gasteiger partial charge in [0.05, 0.1) is 32.0 Å². The van der Waals surface area contributed by atoms with Crippen molar-refractivity contribution >= 4 is 11.9 Å². The van der Waals surface area contributed by atoms with Crippen molar-refractivity contribution < 1.29 is 24.2 Å². The number of carbonyl (C=O) groups excluding carboxylic acids is 1. The molecule has 0 spiro atoms. The van der Waals surface area contributed by atoms with E-state index in [2.05, 4.69) is 5.10 Å². The molecular weight excluding hydrogens is 350 g/mol. The number of piperidine rings is 1. The molecule has 144 valence electrons. The number of rotatable bonds is 5. The van der Waals surface area contributed by atoms with E-state index in [4.69, 9.17) is 14.6 Å². The summed E-state index contributed by atoms with van der Waals surface area (Å²) in [5.74, 6) is 0.0913. The van der Waals surface area contributed by atoms with E-state index in [9.17, 15) is 9.59 Å². The fourth-order valence-electron chi connectivity index (χ4n) is 3.36. The van der Waals surface area contributed by atoms with Gasteiger partial charge >= 0.3 is 5.97 Å². The Kier molecular flexibility index (Phi) is 5.34. The largest absolute Gasteiger partial charge is 0.493 e. The number of carboxylic acid groups (broad SMARTS) is 1. The van der Waals surface area contributed by atoms with Crippen LogP contribution in [0, 0.1) is 6.92 Å². The van der Waals surface area contributed by atoms with Crippen LogP contribution in [0.25, 0.3) is 0 Å². The average molecular weight is 373 g/mol. The Morgan fingerprint density at radius 2 is 1.78 bits per heavy atom. The number of aromatic nitrogens is 2. The second-order valence-electron chi connectivity index (χ2n) is 6.56. The molecule has 1 aliphatic rings. The second-order valence-corrected chi connectivity index (χ2v) is 6.56. The number of hydrogen-bond donors (Lipinski definition) is 1. The second kappa shape index (κ2) is 7.69. The minimum atomic E-state index is -0.988. The summed E-state index contributed by atoms with van der Waals surface area (Å²) in [6, 6.07) is 3.61. The zero-order valence-corrected chi connectivity index (χ0v) is 15.6. The van der Waals surface area contributed by atoms with Gasteiger partial charge in [0.1, 0.15) is 0 Å². The normalized spacial score (nSPS) is 14.9. The molecule has 1 aromatic carbocycles. The molecule has 1 amide bonds. The van der Waals surface area contributed by atoms with Crippen molar-refractivity contribution in [3.8, 4) is 11.5 Å². The molecule has 0 radical (unpaired) electrons. The van der Waals surface area contributed by atoms with Gasteiger partial charge in [0.15, 0.2) is 11.5 Å². The zero-order chi connectivity index (χ0) is 19.6. The molecule has 27 heavy (non-hydrogen) atoms. The standard InChI is InChI=1S/C19H23N3O5/c1-12-8-16(26-2)17(27-3)9-15(12)18(23)21-6-4-14(5-7-21)22-11-13(10-20-22)19(24)25/h8-11,14H,4-7H2,1-3H3,(H,24,25). The molecule has 1 aromatic heterocycles. The number of amides is 1. The Morgan fingerprint density at radius 1 is 1.15 bits per heavy atom. The lowest BCUT2D eigenvalue weighted by atomic mass is 10.0. The molecule has 8 nitrogen and oxygen atoms in total. The van der Waals surface area contributed by atoms with Crippen LogP contribution < -0.4 is 9.47 Å². The molecule has 0 aliphatic carbocycles. The molecule has 1 aliphatic heterocycles. The Bertz CT molecular complexity index is 853. The Balaban J connectivity index is 1.70. The number of nitrogens with zero attached hydrogens (tertiary/aromatic N) is 3. The van der Waals surface area contributed by atoms with Crippen molar-refractivity contribution in [3.05, 3.63) is 41.2 Å². The van der Waals surface area contributed by atoms with Crippen molar-refractivity contribution in [2.24, 2.45) is 0 Å². The smallest absolute Gasteiger partial charge is 0.338 e. The number of aryl methyl sites for hydroxylation is 1. The molecule has 2 heterocycles. The van der Waals surface area contributed by atoms with Gasteiger partial charge in [-0.05, 0) is 37.5 Å². The number of aromatic carboxylic acids is 1. The molecule has 0 bridgehead atoms. The number of benzene rings is 1. The number of likely N-dealkylation sites (tertiary alicyclic amines) is 1. The van der Waals surface area contributed by atoms with E-state index in [1.807, 2.05) is 11.8 Å². The van der Waals surface area contributed by atoms with E-state index in [1.54, 1.807) is 37.2 Å². The van der Waals surface area contributed by atoms with E-state index in [0.717, 1.165) is 18.4 Å². The van der Waals surface area contributed by atoms with Crippen LogP contribution in [-0.2, 0) is 0 Å². The van der Waals surface area contributed by atoms with Crippen LogP contribution >= 0.6 is 0 Å². The summed E-state index contributed by atoms with van der Waals surface area (Å²) in [7, 11) is 3.11. The third kappa shape index (κ3) is 3.74. The first-order chi connectivity index (χ1) is 12.9. The first-order valence-corrected chi connectivity index (χ1v) is 8.74. The number of carbonyl (C=O) groups is 2. The Labute approximate surface area is 157 Å². The summed E-state index contributed by atoms with van der Waals surface area (Å²) < 4.78 is 12.3. The summed E-state index contributed by atoms with van der Waals surface area (Å²) in [5.41, 5.74) is 1.60. The van der Waals surface area contributed by atoms with Gasteiger partial charge < -0.3 is 19.5 Å². The minimum absolute atomic E-state index is 0.0430. The highest BCUT2D eigenvalue weighted by Crippen LogP contribution is 2.32. The number of methoxy groups -OCH3 is 2. The first-order valence-electron chi connectivity index (χ1n) is 8.74. The van der Waals surface area contributed by atoms with E-state index < -0.39 is 5.97 Å². The molecule has 1 saturated heterocycles. The molecule has 1 N–H and O–H groups in total. The van der Waals surface area contributed by atoms with Crippen molar-refractivity contribution in [1.82, 2.24) is 14.7 Å². The van der Waals surface area contributed by atoms with Gasteiger partial charge in [0.2, 0.25) is 0 Å². The van der Waals surface area contributed by atoms with Crippen LogP contribution in [-0.4, -0.2) is 59.0 Å². The molecule has 3 rings (SSSR count). The first kappa shape index (κ1) is 18.8. The van der Waals surface area contributed by atoms with Gasteiger partial charge in [-0.2, -0.15) is 5.10 Å². The Hall–Kier alpha value is -3.03. The predicted molar refractivity (Wildman–Crippen MR) is 97.6 cm³/mol. The zero-order valence-electron chi connectivity index (χ0n) is 15.6. The SMILES string of the molecule is COc1cc(C)c(C(=O)N2CCC(n3cc(C(=O)O)cn3)CC2)cc1OC. The number of hydrogen-bond acceptors (Lipinski definition) is 5. The summed E-state index contributed by atoms with van der Waals surface area (Å²) in [6.07, 6.45) is 4.34. The maximum atomic E-state index is 13.0. The van der Waals surface area contributed by atoms with Crippen LogP contribution in [0.2, 0.25) is 0 Å². The number of ether oxygens (including phenoxy) is 2. The van der Waals surface area contributed by atoms with Gasteiger partial charge in [-0.3, -0.25) is 9.48 Å². The summed E-state index contributed by atoms with van der Waals surface area (Å²) in [4.78, 5) is 25.8. The van der Waals surface area contributed by atoms with Gasteiger partial charge in [0, 0.05) is 24.8 Å². The molecular formula is C19H23N3O5. The summed E-state index contributed by atoms with van der Waals surface area (Å²) in [5, 5.41) is 13.2. The predicted octanol–water partition coefficient (Wildman–Crippen LogP) is 2.38. The summed E-state index contributed by atoms with van der Waals surface area (Å²) >= 11 is 0. The lowest BCUT2D eigenvalue weighted by Gasteiger charge is -2.32. The van der Waals surface area contributed by atoms with Crippen LogP contribution in [0.1, 0.15) is 45.2 Å². The van der Waals surface area contributed by atoms with Gasteiger partial charge in [-0.1, -0.05) is 0 Å². The highest BCUT2D eigenvalue weighted by Gasteiger charge is 2.27. The minimum Gasteiger partial charge on any atom is -0.493 e. The lowest BCUT2D eigenvalue weighted by Crippen LogP contribution is -2.39. The summed E-state index contributed by atoms with van der Waals surface area (Å²) in [6.45, 7) is 3.04. The highest BCUT2D eigenvalue weighted by molar-refractivity contribution is 5.96. The lowest BCUT2D eigenvalue weighted by molar-refractivity contribution is 0.0687. The van der Waals surface area contributed by atoms with Crippen LogP contribution in [0.4, 0.5) is 0 Å². The molecule has 0 saturated carbocycles. The molecule has 2 aromatic rings. The van der Waals surface area contributed by atoms with Crippen LogP contribution in [0.3, 0.4) is 0 Å². The molecule has 0 atom stereocenters. The van der Waals surface area contributed by atoms with Crippen LogP contribution in [0.5, 0.6) is 11.5 Å². The maximum Gasteiger partial charge on any atom is 0.338 e. The fourth-order valence-corrected chi connectivity index (χ4v) is 3.36. The van der Waals surface area contributed by atoms with Crippen molar-refractivity contribution in [2.75, 3.05) is 27.3 Å². The Morgan fingerprint density at radius 3 is 2.33 bits per heavy atom. The molecule has 8 heteroatoms. The van der Waals surface area contributed by atoms with Gasteiger partial charge in [0.25, 0.3) is 5.91 Å². The molecule has 1 fully saturated rings. The molecule has 0 unspecified atom stereocenters. The van der Waals surface area contributed by atoms with Gasteiger partial charge in [-0.25, -0.2) is 4.79 Å². The van der Waals surface area contributed by atoms with E-state index in [1.165, 1.54) is 6.20 Å². The highest BCUT2D eigenvalue weighted by atomic mass is 16.5. The van der Waals surface area contributed by atoms with Crippen molar-refractivity contribution in [2.45, 2.75) is 25.8 Å². The van der Waals surface area contributed by atoms with Crippen molar-refractivity contribution in [3.63, 3.8) is 0 Å². The van der Waals surface area contributed by atoms with E-state index >= 15 is 0 Å². The third-order valence-corrected chi connectivity index (χ3v) is 4.94. The average Bonchev–Trinajstić information content (AvgIpc) is 3.18. The van der Waals surface area contributed by atoms with E-state index in [-0.39, 0.29) is 17.5 Å². The van der Waals surface area contributed by atoms with Crippen molar-refractivity contribution in [1.29, 1.82) is 0 Å². The third-order valence-electron chi connectivity index (χ3n) is 4.94. The topological polar surface area (TPSA) is 93.9 Å². The van der Waals surface area contributed by atoms with Crippen LogP contribution in [0.15, 0.2) is 24.5 Å². The fraction of sp³-hybridized carbons (Fsp3) is 0.421. The quantitative estimate of drug-likeness (QED) is 0.865. The maximum absolute atomic E-state index is 13.0. The monoisotopic (exact) mass is 373 g/mol. The van der Waals surface area contributed by atoms with Gasteiger partial charge in [-0.15, -0.1) is 0 Å². The van der Waals surface area contributed by atoms with E-state index in [0.29, 0.717) is 30.2 Å². The number of carboxylic acids is 1.